The third-order valence-corrected chi connectivity index (χ3v) is 7.15. The van der Waals surface area contributed by atoms with Gasteiger partial charge in [-0.3, -0.25) is 9.69 Å². The predicted molar refractivity (Wildman–Crippen MR) is 120 cm³/mol. The fourth-order valence-corrected chi connectivity index (χ4v) is 5.17. The van der Waals surface area contributed by atoms with Gasteiger partial charge in [-0.1, -0.05) is 30.3 Å². The molecule has 0 bridgehead atoms. The van der Waals surface area contributed by atoms with Gasteiger partial charge in [0, 0.05) is 36.8 Å². The van der Waals surface area contributed by atoms with Crippen molar-refractivity contribution in [1.29, 1.82) is 0 Å². The van der Waals surface area contributed by atoms with Crippen LogP contribution in [-0.4, -0.2) is 34.9 Å². The molecule has 6 heteroatoms. The standard InChI is InChI=1S/C23H28N4OS/c1-14-15(2)19-20(24)21(29-23(19)25-16(14)3)22(28)26-18-9-11-27(12-10-18)13-17-7-5-4-6-8-17/h4-8,18H,9-13,24H2,1-3H3,(H,26,28). The van der Waals surface area contributed by atoms with Crippen molar-refractivity contribution < 1.29 is 4.79 Å². The molecule has 0 atom stereocenters. The second-order valence-corrected chi connectivity index (χ2v) is 8.98. The number of hydrogen-bond donors (Lipinski definition) is 2. The van der Waals surface area contributed by atoms with E-state index in [9.17, 15) is 4.79 Å². The molecule has 0 radical (unpaired) electrons. The largest absolute Gasteiger partial charge is 0.397 e. The number of carbonyl (C=O) groups excluding carboxylic acids is 1. The van der Waals surface area contributed by atoms with Crippen molar-refractivity contribution in [2.24, 2.45) is 0 Å². The number of thiophene rings is 1. The van der Waals surface area contributed by atoms with Gasteiger partial charge in [0.1, 0.15) is 9.71 Å². The summed E-state index contributed by atoms with van der Waals surface area (Å²) in [5.74, 6) is -0.0679. The van der Waals surface area contributed by atoms with Crippen LogP contribution >= 0.6 is 11.3 Å². The number of nitrogen functional groups attached to an aromatic ring is 1. The van der Waals surface area contributed by atoms with E-state index >= 15 is 0 Å². The fourth-order valence-electron chi connectivity index (χ4n) is 4.06. The highest BCUT2D eigenvalue weighted by molar-refractivity contribution is 7.21. The predicted octanol–water partition coefficient (Wildman–Crippen LogP) is 4.20. The van der Waals surface area contributed by atoms with E-state index < -0.39 is 0 Å². The maximum Gasteiger partial charge on any atom is 0.263 e. The summed E-state index contributed by atoms with van der Waals surface area (Å²) < 4.78 is 0. The van der Waals surface area contributed by atoms with Crippen LogP contribution in [0.1, 0.15) is 44.9 Å². The first-order valence-corrected chi connectivity index (χ1v) is 11.0. The number of aromatic nitrogens is 1. The molecule has 5 nitrogen and oxygen atoms in total. The molecule has 3 heterocycles. The molecule has 3 N–H and O–H groups in total. The number of fused-ring (bicyclic) bond motifs is 1. The monoisotopic (exact) mass is 408 g/mol. The van der Waals surface area contributed by atoms with Gasteiger partial charge in [-0.25, -0.2) is 4.98 Å². The Bertz CT molecular complexity index is 1040. The highest BCUT2D eigenvalue weighted by Gasteiger charge is 2.25. The zero-order valence-electron chi connectivity index (χ0n) is 17.3. The summed E-state index contributed by atoms with van der Waals surface area (Å²) in [6, 6.07) is 10.7. The lowest BCUT2D eigenvalue weighted by Crippen LogP contribution is -2.44. The van der Waals surface area contributed by atoms with Crippen molar-refractivity contribution in [2.75, 3.05) is 18.8 Å². The normalized spacial score (nSPS) is 15.7. The van der Waals surface area contributed by atoms with Crippen molar-refractivity contribution >= 4 is 33.1 Å². The van der Waals surface area contributed by atoms with Crippen molar-refractivity contribution in [3.05, 3.63) is 57.6 Å². The number of hydrogen-bond acceptors (Lipinski definition) is 5. The topological polar surface area (TPSA) is 71.2 Å². The smallest absolute Gasteiger partial charge is 0.263 e. The number of pyridine rings is 1. The summed E-state index contributed by atoms with van der Waals surface area (Å²) in [6.45, 7) is 9.05. The molecule has 0 saturated carbocycles. The van der Waals surface area contributed by atoms with E-state index in [0.717, 1.165) is 59.5 Å². The minimum atomic E-state index is -0.0679. The number of nitrogens with zero attached hydrogens (tertiary/aromatic N) is 2. The molecular formula is C23H28N4OS. The zero-order chi connectivity index (χ0) is 20.5. The van der Waals surface area contributed by atoms with Gasteiger partial charge in [0.2, 0.25) is 0 Å². The van der Waals surface area contributed by atoms with Gasteiger partial charge in [0.15, 0.2) is 0 Å². The second kappa shape index (κ2) is 8.13. The minimum Gasteiger partial charge on any atom is -0.397 e. The Morgan fingerprint density at radius 1 is 1.17 bits per heavy atom. The number of aryl methyl sites for hydroxylation is 2. The van der Waals surface area contributed by atoms with E-state index in [0.29, 0.717) is 10.6 Å². The van der Waals surface area contributed by atoms with Crippen molar-refractivity contribution in [1.82, 2.24) is 15.2 Å². The summed E-state index contributed by atoms with van der Waals surface area (Å²) >= 11 is 1.40. The number of piperidine rings is 1. The van der Waals surface area contributed by atoms with Crippen molar-refractivity contribution in [3.63, 3.8) is 0 Å². The Balaban J connectivity index is 1.41. The van der Waals surface area contributed by atoms with Crippen LogP contribution in [0.4, 0.5) is 5.69 Å². The number of rotatable bonds is 4. The molecule has 0 aliphatic carbocycles. The molecule has 29 heavy (non-hydrogen) atoms. The molecule has 0 unspecified atom stereocenters. The van der Waals surface area contributed by atoms with Gasteiger partial charge in [0.25, 0.3) is 5.91 Å². The first kappa shape index (κ1) is 19.9. The number of benzene rings is 1. The maximum atomic E-state index is 12.9. The summed E-state index contributed by atoms with van der Waals surface area (Å²) in [6.07, 6.45) is 1.91. The lowest BCUT2D eigenvalue weighted by molar-refractivity contribution is 0.0914. The number of amides is 1. The lowest BCUT2D eigenvalue weighted by atomic mass is 10.0. The number of nitrogens with one attached hydrogen (secondary N) is 1. The average Bonchev–Trinajstić information content (AvgIpc) is 3.05. The van der Waals surface area contributed by atoms with Crippen LogP contribution in [-0.2, 0) is 6.54 Å². The molecule has 1 amide bonds. The highest BCUT2D eigenvalue weighted by atomic mass is 32.1. The molecule has 2 aromatic heterocycles. The van der Waals surface area contributed by atoms with Crippen LogP contribution in [0.3, 0.4) is 0 Å². The number of likely N-dealkylation sites (tertiary alicyclic amines) is 1. The van der Waals surface area contributed by atoms with E-state index in [1.165, 1.54) is 16.9 Å². The summed E-state index contributed by atoms with van der Waals surface area (Å²) in [5, 5.41) is 4.14. The van der Waals surface area contributed by atoms with E-state index in [1.807, 2.05) is 13.0 Å². The number of nitrogens with two attached hydrogens (primary N) is 1. The Hall–Kier alpha value is -2.44. The van der Waals surface area contributed by atoms with Crippen LogP contribution in [0.5, 0.6) is 0 Å². The van der Waals surface area contributed by atoms with Crippen LogP contribution in [0.15, 0.2) is 30.3 Å². The first-order valence-electron chi connectivity index (χ1n) is 10.2. The van der Waals surface area contributed by atoms with Crippen LogP contribution in [0.25, 0.3) is 10.2 Å². The summed E-state index contributed by atoms with van der Waals surface area (Å²) in [5.41, 5.74) is 11.5. The first-order chi connectivity index (χ1) is 13.9. The van der Waals surface area contributed by atoms with Crippen molar-refractivity contribution in [2.45, 2.75) is 46.2 Å². The van der Waals surface area contributed by atoms with E-state index in [2.05, 4.69) is 53.3 Å². The molecule has 0 spiro atoms. The van der Waals surface area contributed by atoms with Gasteiger partial charge < -0.3 is 11.1 Å². The van der Waals surface area contributed by atoms with Crippen molar-refractivity contribution in [3.8, 4) is 0 Å². The Morgan fingerprint density at radius 2 is 1.86 bits per heavy atom. The second-order valence-electron chi connectivity index (χ2n) is 7.98. The molecule has 1 aliphatic rings. The quantitative estimate of drug-likeness (QED) is 0.679. The third-order valence-electron chi connectivity index (χ3n) is 6.05. The van der Waals surface area contributed by atoms with Gasteiger partial charge in [-0.2, -0.15) is 0 Å². The van der Waals surface area contributed by atoms with Gasteiger partial charge in [-0.15, -0.1) is 11.3 Å². The number of anilines is 1. The molecule has 1 aliphatic heterocycles. The molecule has 1 aromatic carbocycles. The molecule has 152 valence electrons. The lowest BCUT2D eigenvalue weighted by Gasteiger charge is -2.32. The van der Waals surface area contributed by atoms with E-state index in [4.69, 9.17) is 5.73 Å². The van der Waals surface area contributed by atoms with E-state index in [-0.39, 0.29) is 11.9 Å². The third kappa shape index (κ3) is 4.00. The average molecular weight is 409 g/mol. The molecule has 3 aromatic rings. The Labute approximate surface area is 175 Å². The Morgan fingerprint density at radius 3 is 2.55 bits per heavy atom. The highest BCUT2D eigenvalue weighted by Crippen LogP contribution is 2.36. The van der Waals surface area contributed by atoms with Gasteiger partial charge in [0.05, 0.1) is 5.69 Å². The SMILES string of the molecule is Cc1nc2sc(C(=O)NC3CCN(Cc4ccccc4)CC3)c(N)c2c(C)c1C. The van der Waals surface area contributed by atoms with Crippen LogP contribution < -0.4 is 11.1 Å². The fraction of sp³-hybridized carbons (Fsp3) is 0.391. The van der Waals surface area contributed by atoms with E-state index in [1.54, 1.807) is 0 Å². The Kier molecular flexibility index (Phi) is 5.56. The van der Waals surface area contributed by atoms with Crippen LogP contribution in [0, 0.1) is 20.8 Å². The van der Waals surface area contributed by atoms with Gasteiger partial charge in [-0.05, 0) is 50.3 Å². The van der Waals surface area contributed by atoms with Gasteiger partial charge >= 0.3 is 0 Å². The zero-order valence-corrected chi connectivity index (χ0v) is 18.1. The molecule has 4 rings (SSSR count). The minimum absolute atomic E-state index is 0.0679. The maximum absolute atomic E-state index is 12.9. The van der Waals surface area contributed by atoms with Crippen LogP contribution in [0.2, 0.25) is 0 Å². The molecule has 1 saturated heterocycles. The molecule has 1 fully saturated rings. The molecular weight excluding hydrogens is 380 g/mol. The summed E-state index contributed by atoms with van der Waals surface area (Å²) in [4.78, 5) is 21.5. The summed E-state index contributed by atoms with van der Waals surface area (Å²) in [7, 11) is 0. The number of carbonyl (C=O) groups is 1.